The van der Waals surface area contributed by atoms with Crippen molar-refractivity contribution in [3.05, 3.63) is 22.3 Å². The average molecular weight is 233 g/mol. The lowest BCUT2D eigenvalue weighted by molar-refractivity contribution is 0.589. The van der Waals surface area contributed by atoms with Crippen LogP contribution in [0.1, 0.15) is 13.3 Å². The highest BCUT2D eigenvalue weighted by molar-refractivity contribution is 7.70. The summed E-state index contributed by atoms with van der Waals surface area (Å²) in [6, 6.07) is 1.60. The third-order valence-electron chi connectivity index (χ3n) is 1.99. The van der Waals surface area contributed by atoms with E-state index in [-0.39, 0.29) is 0 Å². The van der Waals surface area contributed by atoms with Gasteiger partial charge in [0.1, 0.15) is 0 Å². The number of nitrogens with one attached hydrogen (secondary N) is 1. The van der Waals surface area contributed by atoms with Crippen molar-refractivity contribution in [3.63, 3.8) is 0 Å². The first-order chi connectivity index (χ1) is 6.54. The molecular weight excluding hydrogens is 224 g/mol. The molecule has 1 aliphatic carbocycles. The Morgan fingerprint density at radius 2 is 2.36 bits per heavy atom. The maximum atomic E-state index is 10.4. The normalized spacial score (nSPS) is 22.1. The van der Waals surface area contributed by atoms with Crippen LogP contribution in [-0.2, 0) is 10.9 Å². The van der Waals surface area contributed by atoms with Crippen LogP contribution in [0.15, 0.2) is 22.3 Å². The minimum atomic E-state index is -2.67. The van der Waals surface area contributed by atoms with Crippen LogP contribution in [0, 0.1) is 11.3 Å². The van der Waals surface area contributed by atoms with E-state index in [4.69, 9.17) is 16.9 Å². The number of hydrogen-bond acceptors (Lipinski definition) is 3. The zero-order valence-electron chi connectivity index (χ0n) is 7.45. The summed E-state index contributed by atoms with van der Waals surface area (Å²) in [5, 5.41) is 9.19. The second kappa shape index (κ2) is 4.60. The molecule has 0 fully saturated rings. The van der Waals surface area contributed by atoms with Gasteiger partial charge in [-0.15, -0.1) is 0 Å². The summed E-state index contributed by atoms with van der Waals surface area (Å²) < 4.78 is 23.1. The molecule has 1 atom stereocenters. The lowest BCUT2D eigenvalue weighted by Gasteiger charge is -2.17. The van der Waals surface area contributed by atoms with Crippen molar-refractivity contribution in [1.82, 2.24) is 4.72 Å². The van der Waals surface area contributed by atoms with Gasteiger partial charge >= 0.3 is 0 Å². The van der Waals surface area contributed by atoms with E-state index in [1.807, 2.05) is 6.07 Å². The number of hydrogen-bond donors (Lipinski definition) is 2. The number of allylic oxidation sites excluding steroid dienone is 2. The van der Waals surface area contributed by atoms with E-state index in [1.54, 1.807) is 13.0 Å². The molecule has 0 spiro atoms. The van der Waals surface area contributed by atoms with Crippen molar-refractivity contribution in [2.24, 2.45) is 0 Å². The Morgan fingerprint density at radius 3 is 2.86 bits per heavy atom. The number of nitriles is 1. The highest BCUT2D eigenvalue weighted by Crippen LogP contribution is 2.27. The first-order valence-corrected chi connectivity index (χ1v) is 5.48. The van der Waals surface area contributed by atoms with Crippen molar-refractivity contribution in [2.75, 3.05) is 0 Å². The maximum Gasteiger partial charge on any atom is 0.201 e. The largest absolute Gasteiger partial charge is 0.215 e. The Morgan fingerprint density at radius 1 is 1.71 bits per heavy atom. The van der Waals surface area contributed by atoms with E-state index >= 15 is 0 Å². The van der Waals surface area contributed by atoms with Crippen LogP contribution < -0.4 is 4.72 Å². The number of nitrogens with zero attached hydrogens (tertiary/aromatic N) is 1. The minimum Gasteiger partial charge on any atom is -0.215 e. The van der Waals surface area contributed by atoms with Gasteiger partial charge in [-0.25, -0.2) is 13.1 Å². The second-order valence-corrected chi connectivity index (χ2v) is 4.11. The highest BCUT2D eigenvalue weighted by Gasteiger charge is 2.18. The molecule has 0 aromatic heterocycles. The fourth-order valence-electron chi connectivity index (χ4n) is 1.23. The Labute approximate surface area is 88.9 Å². The number of rotatable bonds is 2. The second-order valence-electron chi connectivity index (χ2n) is 2.93. The minimum absolute atomic E-state index is 0.363. The Balaban J connectivity index is 2.90. The number of thiol groups is 1. The van der Waals surface area contributed by atoms with Gasteiger partial charge in [0, 0.05) is 23.1 Å². The molecule has 0 bridgehead atoms. The molecule has 1 rings (SSSR count). The molecule has 0 radical (unpaired) electrons. The van der Waals surface area contributed by atoms with Crippen LogP contribution in [0.3, 0.4) is 0 Å². The van der Waals surface area contributed by atoms with Gasteiger partial charge < -0.3 is 0 Å². The molecule has 1 N–H and O–H groups in total. The quantitative estimate of drug-likeness (QED) is 0.693. The lowest BCUT2D eigenvalue weighted by atomic mass is 9.96. The summed E-state index contributed by atoms with van der Waals surface area (Å²) in [5.41, 5.74) is 1.24. The van der Waals surface area contributed by atoms with Crippen molar-refractivity contribution in [3.8, 4) is 6.07 Å². The van der Waals surface area contributed by atoms with Crippen LogP contribution in [0.5, 0.6) is 0 Å². The summed E-state index contributed by atoms with van der Waals surface area (Å²) in [5.74, 6) is 0. The molecule has 14 heavy (non-hydrogen) atoms. The molecule has 0 aromatic rings. The van der Waals surface area contributed by atoms with Crippen LogP contribution in [-0.4, -0.2) is 14.5 Å². The van der Waals surface area contributed by atoms with E-state index in [1.165, 1.54) is 0 Å². The fourth-order valence-corrected chi connectivity index (χ4v) is 1.93. The predicted octanol–water partition coefficient (Wildman–Crippen LogP) is 0.837. The van der Waals surface area contributed by atoms with Crippen molar-refractivity contribution in [2.45, 2.75) is 19.4 Å². The molecule has 0 saturated carbocycles. The topological polar surface area (TPSA) is 70.0 Å². The van der Waals surface area contributed by atoms with Gasteiger partial charge in [-0.05, 0) is 18.6 Å². The van der Waals surface area contributed by atoms with Gasteiger partial charge in [0.2, 0.25) is 10.9 Å². The molecular formula is C8H9ClN2O2S. The molecule has 4 nitrogen and oxygen atoms in total. The van der Waals surface area contributed by atoms with E-state index < -0.39 is 16.9 Å². The van der Waals surface area contributed by atoms with Gasteiger partial charge in [0.05, 0.1) is 6.07 Å². The number of halogens is 1. The lowest BCUT2D eigenvalue weighted by Crippen LogP contribution is -2.28. The first kappa shape index (κ1) is 11.2. The van der Waals surface area contributed by atoms with Gasteiger partial charge in [-0.1, -0.05) is 11.6 Å². The summed E-state index contributed by atoms with van der Waals surface area (Å²) in [4.78, 5) is 0. The Hall–Kier alpha value is -0.830. The summed E-state index contributed by atoms with van der Waals surface area (Å²) >= 11 is 5.83. The van der Waals surface area contributed by atoms with Gasteiger partial charge in [0.15, 0.2) is 0 Å². The molecule has 0 amide bonds. The van der Waals surface area contributed by atoms with Gasteiger partial charge in [-0.3, -0.25) is 0 Å². The molecule has 1 aliphatic rings. The SMILES string of the molecule is CC1=C(C#N)CC(N[SH](=O)=O)C=C1Cl. The van der Waals surface area contributed by atoms with E-state index in [0.717, 1.165) is 0 Å². The predicted molar refractivity (Wildman–Crippen MR) is 54.1 cm³/mol. The maximum absolute atomic E-state index is 10.4. The third kappa shape index (κ3) is 2.58. The monoisotopic (exact) mass is 232 g/mol. The van der Waals surface area contributed by atoms with Gasteiger partial charge in [0.25, 0.3) is 0 Å². The first-order valence-electron chi connectivity index (χ1n) is 3.92. The standard InChI is InChI=1S/C8H9ClN2O2S/c1-5-6(4-10)2-7(3-8(5)9)11-14(12)13/h3,7,14H,2H2,1H3,(H,11,12,13). The zero-order valence-corrected chi connectivity index (χ0v) is 9.10. The van der Waals surface area contributed by atoms with Crippen LogP contribution in [0.25, 0.3) is 0 Å². The zero-order chi connectivity index (χ0) is 10.7. The Bertz CT molecular complexity index is 410. The van der Waals surface area contributed by atoms with Crippen molar-refractivity contribution < 1.29 is 8.42 Å². The van der Waals surface area contributed by atoms with Crippen LogP contribution >= 0.6 is 11.6 Å². The molecule has 0 aromatic carbocycles. The Kier molecular flexibility index (Phi) is 3.69. The van der Waals surface area contributed by atoms with Crippen molar-refractivity contribution in [1.29, 1.82) is 5.26 Å². The summed E-state index contributed by atoms with van der Waals surface area (Å²) in [6.07, 6.45) is 1.96. The van der Waals surface area contributed by atoms with E-state index in [2.05, 4.69) is 4.72 Å². The molecule has 0 heterocycles. The van der Waals surface area contributed by atoms with Gasteiger partial charge in [-0.2, -0.15) is 5.26 Å². The summed E-state index contributed by atoms with van der Waals surface area (Å²) in [6.45, 7) is 1.74. The average Bonchev–Trinajstić information content (AvgIpc) is 2.10. The molecule has 76 valence electrons. The van der Waals surface area contributed by atoms with E-state index in [0.29, 0.717) is 22.6 Å². The summed E-state index contributed by atoms with van der Waals surface area (Å²) in [7, 11) is -2.67. The molecule has 0 aliphatic heterocycles. The molecule has 6 heteroatoms. The fraction of sp³-hybridized carbons (Fsp3) is 0.375. The smallest absolute Gasteiger partial charge is 0.201 e. The molecule has 0 saturated heterocycles. The third-order valence-corrected chi connectivity index (χ3v) is 2.94. The van der Waals surface area contributed by atoms with Crippen LogP contribution in [0.2, 0.25) is 0 Å². The molecule has 1 unspecified atom stereocenters. The van der Waals surface area contributed by atoms with E-state index in [9.17, 15) is 8.42 Å². The highest BCUT2D eigenvalue weighted by atomic mass is 35.5. The van der Waals surface area contributed by atoms with Crippen molar-refractivity contribution >= 4 is 22.5 Å². The van der Waals surface area contributed by atoms with Crippen LogP contribution in [0.4, 0.5) is 0 Å².